The summed E-state index contributed by atoms with van der Waals surface area (Å²) in [6, 6.07) is 3.51. The number of nitrogens with zero attached hydrogens (tertiary/aromatic N) is 5. The number of hydrogen-bond acceptors (Lipinski definition) is 7. The third kappa shape index (κ3) is 2.52. The number of aliphatic hydroxyl groups excluding tert-OH is 1. The second-order valence-electron chi connectivity index (χ2n) is 6.60. The highest BCUT2D eigenvalue weighted by molar-refractivity contribution is 7.89. The van der Waals surface area contributed by atoms with E-state index in [1.54, 1.807) is 30.7 Å². The predicted molar refractivity (Wildman–Crippen MR) is 91.7 cm³/mol. The van der Waals surface area contributed by atoms with Crippen molar-refractivity contribution in [3.8, 4) is 0 Å². The van der Waals surface area contributed by atoms with Crippen LogP contribution in [0, 0.1) is 13.8 Å². The summed E-state index contributed by atoms with van der Waals surface area (Å²) < 4.78 is 34.6. The Morgan fingerprint density at radius 2 is 1.88 bits per heavy atom. The predicted octanol–water partition coefficient (Wildman–Crippen LogP) is 1.29. The molecular weight excluding hydrogens is 358 g/mol. The summed E-state index contributed by atoms with van der Waals surface area (Å²) in [7, 11) is -3.79. The molecule has 9 nitrogen and oxygen atoms in total. The van der Waals surface area contributed by atoms with Crippen LogP contribution >= 0.6 is 0 Å². The molecule has 26 heavy (non-hydrogen) atoms. The van der Waals surface area contributed by atoms with Gasteiger partial charge in [0.15, 0.2) is 5.52 Å². The van der Waals surface area contributed by atoms with Crippen LogP contribution in [-0.2, 0) is 23.1 Å². The van der Waals surface area contributed by atoms with Crippen LogP contribution in [0.2, 0.25) is 0 Å². The summed E-state index contributed by atoms with van der Waals surface area (Å²) >= 11 is 0. The molecule has 10 heteroatoms. The molecule has 1 atom stereocenters. The van der Waals surface area contributed by atoms with Crippen LogP contribution in [0.15, 0.2) is 21.7 Å². The van der Waals surface area contributed by atoms with Gasteiger partial charge in [0.2, 0.25) is 10.0 Å². The van der Waals surface area contributed by atoms with Crippen LogP contribution in [0.25, 0.3) is 11.0 Å². The maximum atomic E-state index is 13.3. The molecule has 1 aromatic carbocycles. The van der Waals surface area contributed by atoms with Crippen LogP contribution in [0.5, 0.6) is 0 Å². The zero-order chi connectivity index (χ0) is 18.6. The molecule has 2 aromatic heterocycles. The summed E-state index contributed by atoms with van der Waals surface area (Å²) in [6.07, 6.45) is -0.696. The van der Waals surface area contributed by atoms with Crippen molar-refractivity contribution < 1.29 is 18.2 Å². The molecule has 3 aromatic rings. The minimum absolute atomic E-state index is 0.128. The van der Waals surface area contributed by atoms with Crippen LogP contribution in [0.1, 0.15) is 35.5 Å². The molecule has 1 N–H and O–H groups in total. The maximum Gasteiger partial charge on any atom is 0.246 e. The molecule has 1 aliphatic heterocycles. The standard InChI is InChI=1S/C16H19N5O4S/c1-9-6-10(2)16(15-14(9)18-25-19-15)26(23,24)20-4-5-21-12(8-20)7-13(17-21)11(3)22/h6-7,11,22H,4-5,8H2,1-3H3/t11-/m1/s1. The van der Waals surface area contributed by atoms with Crippen molar-refractivity contribution in [2.45, 2.75) is 44.9 Å². The van der Waals surface area contributed by atoms with Gasteiger partial charge >= 0.3 is 0 Å². The molecule has 0 unspecified atom stereocenters. The fourth-order valence-electron chi connectivity index (χ4n) is 3.37. The van der Waals surface area contributed by atoms with Gasteiger partial charge < -0.3 is 5.11 Å². The minimum Gasteiger partial charge on any atom is -0.387 e. The molecule has 4 rings (SSSR count). The van der Waals surface area contributed by atoms with Crippen molar-refractivity contribution in [2.24, 2.45) is 0 Å². The van der Waals surface area contributed by atoms with E-state index in [-0.39, 0.29) is 23.5 Å². The first-order valence-corrected chi connectivity index (χ1v) is 9.70. The zero-order valence-electron chi connectivity index (χ0n) is 14.7. The van der Waals surface area contributed by atoms with Gasteiger partial charge in [-0.15, -0.1) is 0 Å². The SMILES string of the molecule is Cc1cc(C)c2nonc2c1S(=O)(=O)N1CCn2nc([C@@H](C)O)cc2C1. The normalized spacial score (nSPS) is 16.8. The lowest BCUT2D eigenvalue weighted by atomic mass is 10.1. The summed E-state index contributed by atoms with van der Waals surface area (Å²) in [5.74, 6) is 0. The molecule has 0 aliphatic carbocycles. The van der Waals surface area contributed by atoms with Crippen molar-refractivity contribution >= 4 is 21.1 Å². The molecule has 0 fully saturated rings. The largest absolute Gasteiger partial charge is 0.387 e. The van der Waals surface area contributed by atoms with Gasteiger partial charge in [0.05, 0.1) is 30.6 Å². The number of rotatable bonds is 3. The lowest BCUT2D eigenvalue weighted by molar-refractivity contribution is 0.192. The Morgan fingerprint density at radius 3 is 2.62 bits per heavy atom. The number of sulfonamides is 1. The van der Waals surface area contributed by atoms with E-state index in [0.29, 0.717) is 23.3 Å². The summed E-state index contributed by atoms with van der Waals surface area (Å²) in [6.45, 7) is 6.11. The van der Waals surface area contributed by atoms with E-state index in [2.05, 4.69) is 15.4 Å². The highest BCUT2D eigenvalue weighted by Gasteiger charge is 2.33. The first kappa shape index (κ1) is 17.1. The van der Waals surface area contributed by atoms with E-state index in [1.807, 2.05) is 6.92 Å². The third-order valence-corrected chi connectivity index (χ3v) is 6.70. The average Bonchev–Trinajstić information content (AvgIpc) is 3.20. The maximum absolute atomic E-state index is 13.3. The lowest BCUT2D eigenvalue weighted by Gasteiger charge is -2.27. The second kappa shape index (κ2) is 5.86. The van der Waals surface area contributed by atoms with Crippen molar-refractivity contribution in [3.05, 3.63) is 34.6 Å². The average molecular weight is 377 g/mol. The number of fused-ring (bicyclic) bond motifs is 2. The van der Waals surface area contributed by atoms with Gasteiger partial charge in [-0.05, 0) is 48.3 Å². The van der Waals surface area contributed by atoms with Crippen LogP contribution in [0.3, 0.4) is 0 Å². The Kier molecular flexibility index (Phi) is 3.86. The Hall–Kier alpha value is -2.30. The van der Waals surface area contributed by atoms with Gasteiger partial charge in [0, 0.05) is 6.54 Å². The molecule has 138 valence electrons. The van der Waals surface area contributed by atoms with E-state index >= 15 is 0 Å². The topological polar surface area (TPSA) is 114 Å². The zero-order valence-corrected chi connectivity index (χ0v) is 15.5. The number of aryl methyl sites for hydroxylation is 2. The molecule has 1 aliphatic rings. The van der Waals surface area contributed by atoms with Crippen molar-refractivity contribution in [2.75, 3.05) is 6.54 Å². The Bertz CT molecular complexity index is 1100. The minimum atomic E-state index is -3.79. The number of aliphatic hydroxyl groups is 1. The summed E-state index contributed by atoms with van der Waals surface area (Å²) in [4.78, 5) is 0.128. The van der Waals surface area contributed by atoms with Crippen LogP contribution < -0.4 is 0 Å². The smallest absolute Gasteiger partial charge is 0.246 e. The number of hydrogen-bond donors (Lipinski definition) is 1. The first-order chi connectivity index (χ1) is 12.3. The molecular formula is C16H19N5O4S. The number of benzene rings is 1. The third-order valence-electron chi connectivity index (χ3n) is 4.68. The molecule has 0 amide bonds. The quantitative estimate of drug-likeness (QED) is 0.731. The van der Waals surface area contributed by atoms with E-state index in [0.717, 1.165) is 11.3 Å². The van der Waals surface area contributed by atoms with Crippen LogP contribution in [-0.4, -0.2) is 44.5 Å². The van der Waals surface area contributed by atoms with Crippen molar-refractivity contribution in [1.29, 1.82) is 0 Å². The number of aromatic nitrogens is 4. The molecule has 0 bridgehead atoms. The van der Waals surface area contributed by atoms with E-state index in [1.165, 1.54) is 4.31 Å². The van der Waals surface area contributed by atoms with E-state index < -0.39 is 16.1 Å². The van der Waals surface area contributed by atoms with Crippen molar-refractivity contribution in [1.82, 2.24) is 24.4 Å². The fourth-order valence-corrected chi connectivity index (χ4v) is 5.10. The summed E-state index contributed by atoms with van der Waals surface area (Å²) in [5, 5.41) is 21.7. The highest BCUT2D eigenvalue weighted by Crippen LogP contribution is 2.31. The fraction of sp³-hybridized carbons (Fsp3) is 0.438. The molecule has 0 spiro atoms. The first-order valence-electron chi connectivity index (χ1n) is 8.26. The molecule has 3 heterocycles. The van der Waals surface area contributed by atoms with Gasteiger partial charge in [-0.25, -0.2) is 13.0 Å². The van der Waals surface area contributed by atoms with Crippen LogP contribution in [0.4, 0.5) is 0 Å². The Balaban J connectivity index is 1.77. The molecule has 0 saturated carbocycles. The second-order valence-corrected chi connectivity index (χ2v) is 8.47. The van der Waals surface area contributed by atoms with Gasteiger partial charge in [-0.1, -0.05) is 6.07 Å². The Labute approximate surface area is 150 Å². The lowest BCUT2D eigenvalue weighted by Crippen LogP contribution is -2.38. The molecule has 0 radical (unpaired) electrons. The van der Waals surface area contributed by atoms with Crippen molar-refractivity contribution in [3.63, 3.8) is 0 Å². The van der Waals surface area contributed by atoms with Gasteiger partial charge in [-0.3, -0.25) is 4.68 Å². The summed E-state index contributed by atoms with van der Waals surface area (Å²) in [5.41, 5.74) is 3.41. The van der Waals surface area contributed by atoms with Gasteiger partial charge in [0.1, 0.15) is 10.4 Å². The van der Waals surface area contributed by atoms with Gasteiger partial charge in [0.25, 0.3) is 0 Å². The molecule has 0 saturated heterocycles. The van der Waals surface area contributed by atoms with Gasteiger partial charge in [-0.2, -0.15) is 9.40 Å². The van der Waals surface area contributed by atoms with E-state index in [9.17, 15) is 13.5 Å². The van der Waals surface area contributed by atoms with E-state index in [4.69, 9.17) is 4.63 Å². The monoisotopic (exact) mass is 377 g/mol. The highest BCUT2D eigenvalue weighted by atomic mass is 32.2. The Morgan fingerprint density at radius 1 is 1.15 bits per heavy atom.